The third kappa shape index (κ3) is 2.82. The lowest BCUT2D eigenvalue weighted by Gasteiger charge is -2.39. The summed E-state index contributed by atoms with van der Waals surface area (Å²) in [5, 5.41) is 20.5. The van der Waals surface area contributed by atoms with E-state index in [-0.39, 0.29) is 5.56 Å². The van der Waals surface area contributed by atoms with E-state index in [2.05, 4.69) is 13.0 Å². The molecule has 1 N–H and O–H groups in total. The van der Waals surface area contributed by atoms with Crippen LogP contribution in [-0.2, 0) is 0 Å². The Bertz CT molecular complexity index is 528. The number of rotatable bonds is 3. The zero-order chi connectivity index (χ0) is 14.8. The Morgan fingerprint density at radius 1 is 1.60 bits per heavy atom. The van der Waals surface area contributed by atoms with E-state index >= 15 is 0 Å². The van der Waals surface area contributed by atoms with Gasteiger partial charge in [0.25, 0.3) is 0 Å². The van der Waals surface area contributed by atoms with E-state index in [0.29, 0.717) is 23.8 Å². The molecule has 3 unspecified atom stereocenters. The molecule has 0 saturated heterocycles. The van der Waals surface area contributed by atoms with Gasteiger partial charge in [-0.3, -0.25) is 0 Å². The normalized spacial score (nSPS) is 27.9. The van der Waals surface area contributed by atoms with Crippen LogP contribution in [0.5, 0.6) is 0 Å². The Morgan fingerprint density at radius 3 is 3.00 bits per heavy atom. The van der Waals surface area contributed by atoms with Crippen molar-refractivity contribution in [2.24, 2.45) is 11.3 Å². The number of nitrogens with zero attached hydrogens (tertiary/aromatic N) is 1. The third-order valence-electron chi connectivity index (χ3n) is 4.46. The van der Waals surface area contributed by atoms with Gasteiger partial charge in [-0.05, 0) is 37.0 Å². The van der Waals surface area contributed by atoms with Crippen LogP contribution in [0.3, 0.4) is 0 Å². The number of halogens is 2. The lowest BCUT2D eigenvalue weighted by molar-refractivity contribution is 0.0162. The monoisotopic (exact) mass is 295 g/mol. The Labute approximate surface area is 124 Å². The Kier molecular flexibility index (Phi) is 4.67. The van der Waals surface area contributed by atoms with E-state index in [0.717, 1.165) is 19.3 Å². The quantitative estimate of drug-likeness (QED) is 0.884. The third-order valence-corrected chi connectivity index (χ3v) is 4.70. The van der Waals surface area contributed by atoms with Gasteiger partial charge in [-0.2, -0.15) is 5.26 Å². The number of hydrogen-bond acceptors (Lipinski definition) is 2. The maximum Gasteiger partial charge on any atom is 0.129 e. The van der Waals surface area contributed by atoms with Crippen molar-refractivity contribution in [3.8, 4) is 6.07 Å². The van der Waals surface area contributed by atoms with Crippen LogP contribution < -0.4 is 0 Å². The minimum Gasteiger partial charge on any atom is -0.387 e. The van der Waals surface area contributed by atoms with Crippen LogP contribution in [0.25, 0.3) is 0 Å². The SMILES string of the molecule is CCC1CCCC(C#N)(C(O)c2cc(Cl)ccc2F)C1. The molecular formula is C16H19ClFNO. The van der Waals surface area contributed by atoms with Gasteiger partial charge in [0.1, 0.15) is 11.9 Å². The predicted molar refractivity (Wildman–Crippen MR) is 76.7 cm³/mol. The standard InChI is InChI=1S/C16H19ClFNO/c1-2-11-4-3-7-16(9-11,10-19)15(20)13-8-12(17)5-6-14(13)18/h5-6,8,11,15,20H,2-4,7,9H2,1H3. The second-order valence-corrected chi connectivity index (χ2v) is 6.14. The van der Waals surface area contributed by atoms with Crippen LogP contribution in [-0.4, -0.2) is 5.11 Å². The van der Waals surface area contributed by atoms with Crippen molar-refractivity contribution in [2.45, 2.75) is 45.1 Å². The maximum atomic E-state index is 13.9. The molecule has 2 nitrogen and oxygen atoms in total. The van der Waals surface area contributed by atoms with Gasteiger partial charge in [0.15, 0.2) is 0 Å². The fourth-order valence-corrected chi connectivity index (χ4v) is 3.39. The number of aliphatic hydroxyl groups excluding tert-OH is 1. The van der Waals surface area contributed by atoms with E-state index in [4.69, 9.17) is 11.6 Å². The summed E-state index contributed by atoms with van der Waals surface area (Å²) < 4.78 is 13.9. The van der Waals surface area contributed by atoms with E-state index in [1.54, 1.807) is 0 Å². The predicted octanol–water partition coefficient (Wildman–Crippen LogP) is 4.62. The molecule has 0 heterocycles. The molecule has 1 aromatic rings. The van der Waals surface area contributed by atoms with Crippen molar-refractivity contribution in [2.75, 3.05) is 0 Å². The smallest absolute Gasteiger partial charge is 0.129 e. The van der Waals surface area contributed by atoms with E-state index in [1.807, 2.05) is 0 Å². The molecule has 1 saturated carbocycles. The van der Waals surface area contributed by atoms with Gasteiger partial charge in [-0.25, -0.2) is 4.39 Å². The summed E-state index contributed by atoms with van der Waals surface area (Å²) in [5.41, 5.74) is -0.763. The molecule has 0 bridgehead atoms. The summed E-state index contributed by atoms with van der Waals surface area (Å²) in [7, 11) is 0. The molecule has 20 heavy (non-hydrogen) atoms. The van der Waals surface area contributed by atoms with E-state index in [9.17, 15) is 14.8 Å². The minimum absolute atomic E-state index is 0.135. The highest BCUT2D eigenvalue weighted by atomic mass is 35.5. The minimum atomic E-state index is -1.12. The average Bonchev–Trinajstić information content (AvgIpc) is 2.48. The zero-order valence-corrected chi connectivity index (χ0v) is 12.3. The van der Waals surface area contributed by atoms with Crippen LogP contribution in [0.4, 0.5) is 4.39 Å². The highest BCUT2D eigenvalue weighted by Crippen LogP contribution is 2.48. The zero-order valence-electron chi connectivity index (χ0n) is 11.6. The molecule has 1 aromatic carbocycles. The molecule has 3 atom stereocenters. The lowest BCUT2D eigenvalue weighted by atomic mass is 9.65. The van der Waals surface area contributed by atoms with Gasteiger partial charge in [0, 0.05) is 10.6 Å². The number of nitriles is 1. The fourth-order valence-electron chi connectivity index (χ4n) is 3.21. The number of hydrogen-bond donors (Lipinski definition) is 1. The van der Waals surface area contributed by atoms with Crippen molar-refractivity contribution in [1.82, 2.24) is 0 Å². The molecule has 4 heteroatoms. The van der Waals surface area contributed by atoms with Crippen LogP contribution >= 0.6 is 11.6 Å². The van der Waals surface area contributed by atoms with Gasteiger partial charge in [-0.15, -0.1) is 0 Å². The van der Waals surface area contributed by atoms with Crippen molar-refractivity contribution >= 4 is 11.6 Å². The molecule has 1 aliphatic rings. The number of aliphatic hydroxyl groups is 1. The van der Waals surface area contributed by atoms with Gasteiger partial charge in [-0.1, -0.05) is 37.8 Å². The van der Waals surface area contributed by atoms with Crippen LogP contribution in [0.1, 0.15) is 50.7 Å². The fraction of sp³-hybridized carbons (Fsp3) is 0.562. The first-order valence-corrected chi connectivity index (χ1v) is 7.44. The molecule has 0 aromatic heterocycles. The van der Waals surface area contributed by atoms with Crippen LogP contribution in [0.2, 0.25) is 5.02 Å². The van der Waals surface area contributed by atoms with Crippen molar-refractivity contribution in [3.05, 3.63) is 34.6 Å². The first-order chi connectivity index (χ1) is 9.52. The summed E-state index contributed by atoms with van der Waals surface area (Å²) >= 11 is 5.88. The van der Waals surface area contributed by atoms with Gasteiger partial charge < -0.3 is 5.11 Å². The van der Waals surface area contributed by atoms with Gasteiger partial charge >= 0.3 is 0 Å². The Balaban J connectivity index is 2.36. The summed E-state index contributed by atoms with van der Waals surface area (Å²) in [4.78, 5) is 0. The van der Waals surface area contributed by atoms with Crippen molar-refractivity contribution < 1.29 is 9.50 Å². The highest BCUT2D eigenvalue weighted by molar-refractivity contribution is 6.30. The van der Waals surface area contributed by atoms with Gasteiger partial charge in [0.2, 0.25) is 0 Å². The Hall–Kier alpha value is -1.11. The molecule has 0 aliphatic heterocycles. The lowest BCUT2D eigenvalue weighted by Crippen LogP contribution is -2.34. The topological polar surface area (TPSA) is 44.0 Å². The first kappa shape index (κ1) is 15.3. The molecular weight excluding hydrogens is 277 g/mol. The molecule has 0 amide bonds. The molecule has 1 fully saturated rings. The summed E-state index contributed by atoms with van der Waals surface area (Å²) in [6.07, 6.45) is 3.05. The summed E-state index contributed by atoms with van der Waals surface area (Å²) in [6.45, 7) is 2.09. The molecule has 0 spiro atoms. The summed E-state index contributed by atoms with van der Waals surface area (Å²) in [5.74, 6) is -0.0876. The van der Waals surface area contributed by atoms with Crippen molar-refractivity contribution in [3.63, 3.8) is 0 Å². The molecule has 0 radical (unpaired) electrons. The van der Waals surface area contributed by atoms with Crippen LogP contribution in [0.15, 0.2) is 18.2 Å². The largest absolute Gasteiger partial charge is 0.387 e. The van der Waals surface area contributed by atoms with E-state index in [1.165, 1.54) is 18.2 Å². The second kappa shape index (κ2) is 6.11. The first-order valence-electron chi connectivity index (χ1n) is 7.06. The Morgan fingerprint density at radius 2 is 2.35 bits per heavy atom. The highest BCUT2D eigenvalue weighted by Gasteiger charge is 2.43. The van der Waals surface area contributed by atoms with Gasteiger partial charge in [0.05, 0.1) is 11.5 Å². The number of benzene rings is 1. The van der Waals surface area contributed by atoms with E-state index < -0.39 is 17.3 Å². The van der Waals surface area contributed by atoms with Crippen LogP contribution in [0, 0.1) is 28.5 Å². The molecule has 1 aliphatic carbocycles. The molecule has 2 rings (SSSR count). The summed E-state index contributed by atoms with van der Waals surface area (Å²) in [6, 6.07) is 6.38. The average molecular weight is 296 g/mol. The maximum absolute atomic E-state index is 13.9. The van der Waals surface area contributed by atoms with Crippen molar-refractivity contribution in [1.29, 1.82) is 5.26 Å². The molecule has 108 valence electrons. The second-order valence-electron chi connectivity index (χ2n) is 5.71.